The third-order valence-corrected chi connectivity index (χ3v) is 4.98. The minimum atomic E-state index is 0.159. The van der Waals surface area contributed by atoms with Gasteiger partial charge >= 0.3 is 0 Å². The lowest BCUT2D eigenvalue weighted by Gasteiger charge is -2.51. The van der Waals surface area contributed by atoms with Gasteiger partial charge in [0.15, 0.2) is 0 Å². The molecule has 1 fully saturated rings. The maximum Gasteiger partial charge on any atom is 0.0453 e. The van der Waals surface area contributed by atoms with Crippen LogP contribution in [0.3, 0.4) is 0 Å². The number of aryl methyl sites for hydroxylation is 1. The molecule has 2 nitrogen and oxygen atoms in total. The lowest BCUT2D eigenvalue weighted by Crippen LogP contribution is -2.66. The Balaban J connectivity index is 2.23. The number of hydrogen-bond acceptors (Lipinski definition) is 2. The summed E-state index contributed by atoms with van der Waals surface area (Å²) in [6.45, 7) is 14.2. The van der Waals surface area contributed by atoms with E-state index in [1.165, 1.54) is 11.1 Å². The van der Waals surface area contributed by atoms with Gasteiger partial charge in [0.1, 0.15) is 0 Å². The molecule has 3 heteroatoms. The molecule has 1 N–H and O–H groups in total. The molecular weight excluding hydrogens is 268 g/mol. The monoisotopic (exact) mass is 294 g/mol. The van der Waals surface area contributed by atoms with Crippen LogP contribution >= 0.6 is 11.6 Å². The van der Waals surface area contributed by atoms with E-state index in [-0.39, 0.29) is 11.1 Å². The number of hydrogen-bond donors (Lipinski definition) is 1. The molecule has 1 atom stereocenters. The zero-order valence-electron chi connectivity index (χ0n) is 13.4. The molecule has 0 saturated carbocycles. The SMILES string of the molecule is CCC1(C)CNC(C)(C)CN1Cc1ccc(C)cc1Cl. The molecule has 2 rings (SSSR count). The van der Waals surface area contributed by atoms with E-state index in [9.17, 15) is 0 Å². The van der Waals surface area contributed by atoms with Gasteiger partial charge in [0.2, 0.25) is 0 Å². The fourth-order valence-corrected chi connectivity index (χ4v) is 3.14. The molecule has 0 spiro atoms. The van der Waals surface area contributed by atoms with Gasteiger partial charge in [-0.25, -0.2) is 0 Å². The van der Waals surface area contributed by atoms with E-state index in [1.807, 2.05) is 0 Å². The summed E-state index contributed by atoms with van der Waals surface area (Å²) in [5, 5.41) is 4.55. The standard InChI is InChI=1S/C17H27ClN2/c1-6-17(5)11-19-16(3,4)12-20(17)10-14-8-7-13(2)9-15(14)18/h7-9,19H,6,10-12H2,1-5H3. The Kier molecular flexibility index (Phi) is 4.48. The van der Waals surface area contributed by atoms with Gasteiger partial charge < -0.3 is 5.32 Å². The minimum Gasteiger partial charge on any atom is -0.309 e. The fourth-order valence-electron chi connectivity index (χ4n) is 2.85. The maximum atomic E-state index is 6.41. The molecule has 1 aliphatic rings. The molecule has 0 radical (unpaired) electrons. The number of piperazine rings is 1. The molecule has 1 aromatic carbocycles. The van der Waals surface area contributed by atoms with Gasteiger partial charge in [-0.15, -0.1) is 0 Å². The van der Waals surface area contributed by atoms with Crippen molar-refractivity contribution in [1.82, 2.24) is 10.2 Å². The van der Waals surface area contributed by atoms with Gasteiger partial charge in [-0.3, -0.25) is 4.90 Å². The second kappa shape index (κ2) is 5.67. The number of nitrogens with zero attached hydrogens (tertiary/aromatic N) is 1. The Bertz CT molecular complexity index is 484. The molecule has 1 saturated heterocycles. The molecule has 0 amide bonds. The number of halogens is 1. The molecule has 0 bridgehead atoms. The highest BCUT2D eigenvalue weighted by Gasteiger charge is 2.39. The molecular formula is C17H27ClN2. The number of benzene rings is 1. The van der Waals surface area contributed by atoms with E-state index >= 15 is 0 Å². The van der Waals surface area contributed by atoms with Crippen LogP contribution in [0.4, 0.5) is 0 Å². The smallest absolute Gasteiger partial charge is 0.0453 e. The number of nitrogens with one attached hydrogen (secondary N) is 1. The van der Waals surface area contributed by atoms with Crippen LogP contribution in [0.25, 0.3) is 0 Å². The highest BCUT2D eigenvalue weighted by Crippen LogP contribution is 2.30. The Morgan fingerprint density at radius 1 is 1.30 bits per heavy atom. The topological polar surface area (TPSA) is 15.3 Å². The summed E-state index contributed by atoms with van der Waals surface area (Å²) in [4.78, 5) is 2.58. The summed E-state index contributed by atoms with van der Waals surface area (Å²) in [7, 11) is 0. The van der Waals surface area contributed by atoms with Crippen molar-refractivity contribution in [3.05, 3.63) is 34.3 Å². The van der Waals surface area contributed by atoms with Gasteiger partial charge in [0.05, 0.1) is 0 Å². The molecule has 20 heavy (non-hydrogen) atoms. The van der Waals surface area contributed by atoms with E-state index in [0.717, 1.165) is 31.1 Å². The Labute approximate surface area is 128 Å². The summed E-state index contributed by atoms with van der Waals surface area (Å²) in [5.41, 5.74) is 2.81. The largest absolute Gasteiger partial charge is 0.309 e. The molecule has 1 aromatic rings. The summed E-state index contributed by atoms with van der Waals surface area (Å²) in [6, 6.07) is 6.38. The van der Waals surface area contributed by atoms with Crippen LogP contribution in [0.5, 0.6) is 0 Å². The van der Waals surface area contributed by atoms with Gasteiger partial charge in [0.25, 0.3) is 0 Å². The van der Waals surface area contributed by atoms with E-state index in [4.69, 9.17) is 11.6 Å². The third kappa shape index (κ3) is 3.36. The zero-order valence-corrected chi connectivity index (χ0v) is 14.1. The Hall–Kier alpha value is -0.570. The van der Waals surface area contributed by atoms with Gasteiger partial charge in [-0.05, 0) is 51.3 Å². The van der Waals surface area contributed by atoms with Crippen molar-refractivity contribution in [3.8, 4) is 0 Å². The lowest BCUT2D eigenvalue weighted by molar-refractivity contribution is 0.0175. The van der Waals surface area contributed by atoms with Crippen molar-refractivity contribution in [2.24, 2.45) is 0 Å². The number of rotatable bonds is 3. The van der Waals surface area contributed by atoms with Crippen molar-refractivity contribution in [1.29, 1.82) is 0 Å². The molecule has 1 heterocycles. The van der Waals surface area contributed by atoms with Crippen LogP contribution in [0.2, 0.25) is 5.02 Å². The van der Waals surface area contributed by atoms with Crippen molar-refractivity contribution < 1.29 is 0 Å². The van der Waals surface area contributed by atoms with Crippen LogP contribution in [0.1, 0.15) is 45.2 Å². The van der Waals surface area contributed by atoms with Gasteiger partial charge in [-0.1, -0.05) is 30.7 Å². The zero-order chi connectivity index (χ0) is 15.0. The molecule has 0 aromatic heterocycles. The highest BCUT2D eigenvalue weighted by atomic mass is 35.5. The average Bonchev–Trinajstić information content (AvgIpc) is 2.37. The predicted molar refractivity (Wildman–Crippen MR) is 87.4 cm³/mol. The van der Waals surface area contributed by atoms with E-state index < -0.39 is 0 Å². The molecule has 1 unspecified atom stereocenters. The third-order valence-electron chi connectivity index (χ3n) is 4.63. The van der Waals surface area contributed by atoms with Crippen molar-refractivity contribution in [2.45, 2.75) is 58.7 Å². The first-order chi connectivity index (χ1) is 9.26. The second-order valence-corrected chi connectivity index (χ2v) is 7.45. The van der Waals surface area contributed by atoms with Crippen LogP contribution in [0, 0.1) is 6.92 Å². The highest BCUT2D eigenvalue weighted by molar-refractivity contribution is 6.31. The predicted octanol–water partition coefficient (Wildman–Crippen LogP) is 4.00. The lowest BCUT2D eigenvalue weighted by atomic mass is 9.87. The van der Waals surface area contributed by atoms with Crippen molar-refractivity contribution in [3.63, 3.8) is 0 Å². The van der Waals surface area contributed by atoms with Crippen LogP contribution < -0.4 is 5.32 Å². The quantitative estimate of drug-likeness (QED) is 0.906. The average molecular weight is 295 g/mol. The van der Waals surface area contributed by atoms with E-state index in [1.54, 1.807) is 0 Å². The molecule has 0 aliphatic carbocycles. The van der Waals surface area contributed by atoms with Crippen LogP contribution in [0.15, 0.2) is 18.2 Å². The normalized spacial score (nSPS) is 26.7. The summed E-state index contributed by atoms with van der Waals surface area (Å²) < 4.78 is 0. The van der Waals surface area contributed by atoms with Gasteiger partial charge in [-0.2, -0.15) is 0 Å². The minimum absolute atomic E-state index is 0.159. The first kappa shape index (κ1) is 15.8. The van der Waals surface area contributed by atoms with Gasteiger partial charge in [0, 0.05) is 35.7 Å². The Morgan fingerprint density at radius 2 is 2.00 bits per heavy atom. The summed E-state index contributed by atoms with van der Waals surface area (Å²) in [6.07, 6.45) is 1.14. The van der Waals surface area contributed by atoms with E-state index in [2.05, 4.69) is 63.0 Å². The van der Waals surface area contributed by atoms with Crippen LogP contribution in [-0.4, -0.2) is 29.1 Å². The molecule has 112 valence electrons. The molecule has 1 aliphatic heterocycles. The van der Waals surface area contributed by atoms with Crippen molar-refractivity contribution in [2.75, 3.05) is 13.1 Å². The Morgan fingerprint density at radius 3 is 2.60 bits per heavy atom. The van der Waals surface area contributed by atoms with Crippen LogP contribution in [-0.2, 0) is 6.54 Å². The fraction of sp³-hybridized carbons (Fsp3) is 0.647. The first-order valence-electron chi connectivity index (χ1n) is 7.51. The maximum absolute atomic E-state index is 6.41. The summed E-state index contributed by atoms with van der Waals surface area (Å²) >= 11 is 6.41. The second-order valence-electron chi connectivity index (χ2n) is 7.04. The first-order valence-corrected chi connectivity index (χ1v) is 7.89. The van der Waals surface area contributed by atoms with Crippen molar-refractivity contribution >= 4 is 11.6 Å². The summed E-state index contributed by atoms with van der Waals surface area (Å²) in [5.74, 6) is 0. The van der Waals surface area contributed by atoms with E-state index in [0.29, 0.717) is 0 Å².